The number of amides is 1. The van der Waals surface area contributed by atoms with Crippen molar-refractivity contribution in [3.63, 3.8) is 0 Å². The van der Waals surface area contributed by atoms with Gasteiger partial charge < -0.3 is 5.32 Å². The maximum atomic E-state index is 12.3. The Morgan fingerprint density at radius 1 is 1.35 bits per heavy atom. The molecule has 2 aromatic rings. The number of aryl methyl sites for hydroxylation is 1. The van der Waals surface area contributed by atoms with E-state index in [1.807, 2.05) is 6.92 Å². The van der Waals surface area contributed by atoms with Gasteiger partial charge in [-0.25, -0.2) is 9.97 Å². The third-order valence-corrected chi connectivity index (χ3v) is 6.20. The first-order chi connectivity index (χ1) is 12.4. The summed E-state index contributed by atoms with van der Waals surface area (Å²) in [4.78, 5) is 20.9. The number of nitrogens with one attached hydrogen (secondary N) is 1. The molecule has 0 atom stereocenters. The summed E-state index contributed by atoms with van der Waals surface area (Å²) in [6, 6.07) is 2.23. The molecular formula is C18H16Cl2N4OS. The molecule has 3 rings (SSSR count). The van der Waals surface area contributed by atoms with Crippen LogP contribution < -0.4 is 5.32 Å². The molecule has 0 saturated heterocycles. The van der Waals surface area contributed by atoms with Crippen LogP contribution in [0.1, 0.15) is 34.4 Å². The van der Waals surface area contributed by atoms with Gasteiger partial charge in [0.25, 0.3) is 0 Å². The van der Waals surface area contributed by atoms with Crippen LogP contribution in [0.2, 0.25) is 10.0 Å². The molecule has 2 aromatic heterocycles. The molecule has 1 aliphatic rings. The Labute approximate surface area is 166 Å². The highest BCUT2D eigenvalue weighted by Crippen LogP contribution is 2.32. The number of carbonyl (C=O) groups is 1. The van der Waals surface area contributed by atoms with Crippen molar-refractivity contribution < 1.29 is 4.79 Å². The molecule has 5 nitrogen and oxygen atoms in total. The van der Waals surface area contributed by atoms with Crippen molar-refractivity contribution in [2.24, 2.45) is 0 Å². The van der Waals surface area contributed by atoms with Crippen molar-refractivity contribution in [3.8, 4) is 6.07 Å². The topological polar surface area (TPSA) is 78.7 Å². The van der Waals surface area contributed by atoms with E-state index >= 15 is 0 Å². The molecule has 0 aromatic carbocycles. The van der Waals surface area contributed by atoms with E-state index in [9.17, 15) is 10.1 Å². The van der Waals surface area contributed by atoms with Gasteiger partial charge in [0.05, 0.1) is 21.4 Å². The van der Waals surface area contributed by atoms with E-state index in [2.05, 4.69) is 21.4 Å². The Hall–Kier alpha value is -1.81. The van der Waals surface area contributed by atoms with E-state index in [1.165, 1.54) is 23.5 Å². The Bertz CT molecular complexity index is 940. The minimum Gasteiger partial charge on any atom is -0.309 e. The molecule has 0 saturated carbocycles. The van der Waals surface area contributed by atoms with Crippen molar-refractivity contribution in [1.82, 2.24) is 9.97 Å². The molecule has 0 radical (unpaired) electrons. The number of thioether (sulfide) groups is 1. The third kappa shape index (κ3) is 3.66. The summed E-state index contributed by atoms with van der Waals surface area (Å²) in [5.41, 5.74) is 4.43. The van der Waals surface area contributed by atoms with Crippen molar-refractivity contribution in [3.05, 3.63) is 44.2 Å². The van der Waals surface area contributed by atoms with Gasteiger partial charge in [-0.1, -0.05) is 35.0 Å². The summed E-state index contributed by atoms with van der Waals surface area (Å²) >= 11 is 13.4. The van der Waals surface area contributed by atoms with Crippen LogP contribution in [0.4, 0.5) is 5.82 Å². The van der Waals surface area contributed by atoms with Gasteiger partial charge in [0.1, 0.15) is 11.1 Å². The minimum atomic E-state index is -0.269. The maximum absolute atomic E-state index is 12.3. The second kappa shape index (κ2) is 7.83. The van der Waals surface area contributed by atoms with E-state index in [4.69, 9.17) is 23.2 Å². The predicted molar refractivity (Wildman–Crippen MR) is 104 cm³/mol. The van der Waals surface area contributed by atoms with E-state index in [0.717, 1.165) is 30.5 Å². The predicted octanol–water partition coefficient (Wildman–Crippen LogP) is 4.49. The van der Waals surface area contributed by atoms with Gasteiger partial charge in [-0.15, -0.1) is 0 Å². The number of rotatable bonds is 4. The molecule has 0 unspecified atom stereocenters. The molecule has 134 valence electrons. The number of pyridine rings is 2. The second-order valence-electron chi connectivity index (χ2n) is 6.04. The van der Waals surface area contributed by atoms with Crippen LogP contribution in [0.5, 0.6) is 0 Å². The Morgan fingerprint density at radius 3 is 2.85 bits per heavy atom. The van der Waals surface area contributed by atoms with Crippen LogP contribution in [0, 0.1) is 25.2 Å². The molecule has 1 amide bonds. The van der Waals surface area contributed by atoms with E-state index < -0.39 is 0 Å². The Balaban J connectivity index is 1.74. The summed E-state index contributed by atoms with van der Waals surface area (Å²) in [5.74, 6) is 0.118. The number of hydrogen-bond acceptors (Lipinski definition) is 5. The highest BCUT2D eigenvalue weighted by Gasteiger charge is 2.21. The SMILES string of the molecule is Cc1c(Cl)cnc(NC(=O)CSc2nc3c(c(C)c2C#N)CCC3)c1Cl. The van der Waals surface area contributed by atoms with Gasteiger partial charge in [-0.05, 0) is 49.8 Å². The molecule has 26 heavy (non-hydrogen) atoms. The fraction of sp³-hybridized carbons (Fsp3) is 0.333. The summed E-state index contributed by atoms with van der Waals surface area (Å²) in [5, 5.41) is 13.5. The smallest absolute Gasteiger partial charge is 0.235 e. The number of halogens is 2. The lowest BCUT2D eigenvalue weighted by molar-refractivity contribution is -0.113. The number of fused-ring (bicyclic) bond motifs is 1. The lowest BCUT2D eigenvalue weighted by Gasteiger charge is -2.11. The molecule has 8 heteroatoms. The molecule has 1 N–H and O–H groups in total. The second-order valence-corrected chi connectivity index (χ2v) is 7.79. The maximum Gasteiger partial charge on any atom is 0.235 e. The number of nitriles is 1. The van der Waals surface area contributed by atoms with Crippen molar-refractivity contribution in [2.45, 2.75) is 38.1 Å². The van der Waals surface area contributed by atoms with E-state index in [1.54, 1.807) is 6.92 Å². The van der Waals surface area contributed by atoms with E-state index in [0.29, 0.717) is 26.2 Å². The Kier molecular flexibility index (Phi) is 5.71. The quantitative estimate of drug-likeness (QED) is 0.756. The molecule has 2 heterocycles. The van der Waals surface area contributed by atoms with Gasteiger partial charge in [0.2, 0.25) is 5.91 Å². The highest BCUT2D eigenvalue weighted by molar-refractivity contribution is 8.00. The lowest BCUT2D eigenvalue weighted by Crippen LogP contribution is -2.16. The zero-order valence-electron chi connectivity index (χ0n) is 14.3. The fourth-order valence-corrected chi connectivity index (χ4v) is 4.17. The minimum absolute atomic E-state index is 0.111. The van der Waals surface area contributed by atoms with Crippen LogP contribution in [0.3, 0.4) is 0 Å². The fourth-order valence-electron chi connectivity index (χ4n) is 2.93. The number of hydrogen-bond donors (Lipinski definition) is 1. The number of aromatic nitrogens is 2. The Morgan fingerprint density at radius 2 is 2.12 bits per heavy atom. The van der Waals surface area contributed by atoms with Crippen molar-refractivity contribution in [2.75, 3.05) is 11.1 Å². The zero-order chi connectivity index (χ0) is 18.8. The first kappa shape index (κ1) is 19.0. The van der Waals surface area contributed by atoms with Crippen LogP contribution in [-0.2, 0) is 17.6 Å². The highest BCUT2D eigenvalue weighted by atomic mass is 35.5. The van der Waals surface area contributed by atoms with Gasteiger partial charge in [-0.2, -0.15) is 5.26 Å². The lowest BCUT2D eigenvalue weighted by atomic mass is 10.0. The molecule has 0 spiro atoms. The van der Waals surface area contributed by atoms with Crippen LogP contribution >= 0.6 is 35.0 Å². The van der Waals surface area contributed by atoms with Crippen LogP contribution in [0.15, 0.2) is 11.2 Å². The zero-order valence-corrected chi connectivity index (χ0v) is 16.6. The van der Waals surface area contributed by atoms with E-state index in [-0.39, 0.29) is 17.5 Å². The molecule has 1 aliphatic carbocycles. The molecular weight excluding hydrogens is 391 g/mol. The monoisotopic (exact) mass is 406 g/mol. The third-order valence-electron chi connectivity index (χ3n) is 4.38. The standard InChI is InChI=1S/C18H16Cl2N4OS/c1-9-11-4-3-5-14(11)23-18(12(9)6-21)26-8-15(25)24-17-16(20)10(2)13(19)7-22-17/h7H,3-5,8H2,1-2H3,(H,22,24,25). The normalized spacial score (nSPS) is 12.6. The summed E-state index contributed by atoms with van der Waals surface area (Å²) in [6.45, 7) is 3.71. The molecule has 0 fully saturated rings. The van der Waals surface area contributed by atoms with Gasteiger partial charge >= 0.3 is 0 Å². The molecule has 0 aliphatic heterocycles. The largest absolute Gasteiger partial charge is 0.309 e. The average molecular weight is 407 g/mol. The van der Waals surface area contributed by atoms with Crippen molar-refractivity contribution >= 4 is 46.7 Å². The molecule has 0 bridgehead atoms. The summed E-state index contributed by atoms with van der Waals surface area (Å²) in [7, 11) is 0. The van der Waals surface area contributed by atoms with Crippen molar-refractivity contribution in [1.29, 1.82) is 5.26 Å². The number of nitrogens with zero attached hydrogens (tertiary/aromatic N) is 3. The summed E-state index contributed by atoms with van der Waals surface area (Å²) in [6.07, 6.45) is 4.40. The van der Waals surface area contributed by atoms with Crippen LogP contribution in [0.25, 0.3) is 0 Å². The average Bonchev–Trinajstić information content (AvgIpc) is 3.09. The van der Waals surface area contributed by atoms with Gasteiger partial charge in [-0.3, -0.25) is 4.79 Å². The van der Waals surface area contributed by atoms with Crippen LogP contribution in [-0.4, -0.2) is 21.6 Å². The first-order valence-corrected chi connectivity index (χ1v) is 9.82. The van der Waals surface area contributed by atoms with Gasteiger partial charge in [0.15, 0.2) is 5.82 Å². The number of anilines is 1. The number of carbonyl (C=O) groups excluding carboxylic acids is 1. The first-order valence-electron chi connectivity index (χ1n) is 8.08. The summed E-state index contributed by atoms with van der Waals surface area (Å²) < 4.78 is 0. The van der Waals surface area contributed by atoms with Gasteiger partial charge in [0, 0.05) is 11.9 Å².